The fourth-order valence-electron chi connectivity index (χ4n) is 2.93. The van der Waals surface area contributed by atoms with Crippen LogP contribution < -0.4 is 10.6 Å². The van der Waals surface area contributed by atoms with Gasteiger partial charge in [0.25, 0.3) is 11.8 Å². The number of ether oxygens (including phenoxy) is 1. The fourth-order valence-corrected chi connectivity index (χ4v) is 2.93. The minimum absolute atomic E-state index is 0.0671. The van der Waals surface area contributed by atoms with Gasteiger partial charge < -0.3 is 19.8 Å². The molecule has 156 valence electrons. The van der Waals surface area contributed by atoms with Crippen LogP contribution in [0.4, 0.5) is 5.69 Å². The van der Waals surface area contributed by atoms with Crippen molar-refractivity contribution in [2.24, 2.45) is 5.92 Å². The molecule has 1 heterocycles. The highest BCUT2D eigenvalue weighted by molar-refractivity contribution is 6.04. The number of fused-ring (bicyclic) bond motifs is 1. The molecular formula is C23H24N2O5. The van der Waals surface area contributed by atoms with Gasteiger partial charge in [0.2, 0.25) is 5.76 Å². The number of nitrogens with one attached hydrogen (secondary N) is 2. The van der Waals surface area contributed by atoms with Crippen LogP contribution in [0.15, 0.2) is 52.9 Å². The van der Waals surface area contributed by atoms with Gasteiger partial charge in [-0.2, -0.15) is 0 Å². The van der Waals surface area contributed by atoms with E-state index in [2.05, 4.69) is 10.6 Å². The standard InChI is InChI=1S/C23H24N2O5/c1-14(2)12-24-22(27)17-9-4-6-10-18(17)25-20(26)13-29-23(28)21-15(3)16-8-5-7-11-19(16)30-21/h4-11,14H,12-13H2,1-3H3,(H,24,27)(H,25,26). The van der Waals surface area contributed by atoms with E-state index in [0.29, 0.717) is 34.9 Å². The summed E-state index contributed by atoms with van der Waals surface area (Å²) in [4.78, 5) is 37.0. The van der Waals surface area contributed by atoms with Crippen molar-refractivity contribution in [1.82, 2.24) is 5.32 Å². The monoisotopic (exact) mass is 408 g/mol. The molecular weight excluding hydrogens is 384 g/mol. The second-order valence-electron chi connectivity index (χ2n) is 7.33. The SMILES string of the molecule is Cc1c(C(=O)OCC(=O)Nc2ccccc2C(=O)NCC(C)C)oc2ccccc12. The molecule has 30 heavy (non-hydrogen) atoms. The second-order valence-corrected chi connectivity index (χ2v) is 7.33. The zero-order valence-corrected chi connectivity index (χ0v) is 17.2. The van der Waals surface area contributed by atoms with Crippen LogP contribution in [0, 0.1) is 12.8 Å². The predicted molar refractivity (Wildman–Crippen MR) is 113 cm³/mol. The molecule has 7 heteroatoms. The Morgan fingerprint density at radius 2 is 1.73 bits per heavy atom. The van der Waals surface area contributed by atoms with Crippen molar-refractivity contribution in [3.63, 3.8) is 0 Å². The number of carbonyl (C=O) groups is 3. The summed E-state index contributed by atoms with van der Waals surface area (Å²) in [7, 11) is 0. The molecule has 0 atom stereocenters. The second kappa shape index (κ2) is 9.26. The Morgan fingerprint density at radius 1 is 1.03 bits per heavy atom. The Hall–Kier alpha value is -3.61. The number of amides is 2. The highest BCUT2D eigenvalue weighted by Gasteiger charge is 2.20. The molecule has 3 aromatic rings. The van der Waals surface area contributed by atoms with Gasteiger partial charge >= 0.3 is 5.97 Å². The summed E-state index contributed by atoms with van der Waals surface area (Å²) in [6, 6.07) is 13.9. The summed E-state index contributed by atoms with van der Waals surface area (Å²) in [5.74, 6) is -1.19. The summed E-state index contributed by atoms with van der Waals surface area (Å²) in [6.07, 6.45) is 0. The van der Waals surface area contributed by atoms with Crippen LogP contribution in [-0.4, -0.2) is 30.9 Å². The number of hydrogen-bond donors (Lipinski definition) is 2. The molecule has 0 saturated heterocycles. The Labute approximate surface area is 174 Å². The van der Waals surface area contributed by atoms with Crippen LogP contribution in [0.2, 0.25) is 0 Å². The van der Waals surface area contributed by atoms with E-state index in [9.17, 15) is 14.4 Å². The number of para-hydroxylation sites is 2. The van der Waals surface area contributed by atoms with Gasteiger partial charge in [-0.05, 0) is 31.0 Å². The lowest BCUT2D eigenvalue weighted by Crippen LogP contribution is -2.29. The highest BCUT2D eigenvalue weighted by Crippen LogP contribution is 2.25. The molecule has 2 amide bonds. The molecule has 0 saturated carbocycles. The van der Waals surface area contributed by atoms with E-state index in [1.165, 1.54) is 0 Å². The van der Waals surface area contributed by atoms with Crippen LogP contribution in [0.3, 0.4) is 0 Å². The Morgan fingerprint density at radius 3 is 2.47 bits per heavy atom. The Kier molecular flexibility index (Phi) is 6.51. The van der Waals surface area contributed by atoms with Gasteiger partial charge in [0, 0.05) is 17.5 Å². The number of hydrogen-bond acceptors (Lipinski definition) is 5. The zero-order chi connectivity index (χ0) is 21.7. The summed E-state index contributed by atoms with van der Waals surface area (Å²) >= 11 is 0. The number of carbonyl (C=O) groups excluding carboxylic acids is 3. The molecule has 0 bridgehead atoms. The normalized spacial score (nSPS) is 10.8. The van der Waals surface area contributed by atoms with E-state index in [4.69, 9.17) is 9.15 Å². The fraction of sp³-hybridized carbons (Fsp3) is 0.261. The van der Waals surface area contributed by atoms with E-state index in [-0.39, 0.29) is 11.7 Å². The molecule has 0 aliphatic heterocycles. The van der Waals surface area contributed by atoms with Crippen LogP contribution in [0.25, 0.3) is 11.0 Å². The summed E-state index contributed by atoms with van der Waals surface area (Å²) < 4.78 is 10.7. The van der Waals surface area contributed by atoms with Crippen molar-refractivity contribution in [1.29, 1.82) is 0 Å². The third kappa shape index (κ3) is 4.86. The van der Waals surface area contributed by atoms with Gasteiger partial charge in [0.05, 0.1) is 11.3 Å². The van der Waals surface area contributed by atoms with Crippen LogP contribution in [0.1, 0.15) is 40.3 Å². The number of rotatable bonds is 7. The summed E-state index contributed by atoms with van der Waals surface area (Å²) in [5, 5.41) is 6.25. The van der Waals surface area contributed by atoms with Gasteiger partial charge in [0.1, 0.15) is 5.58 Å². The van der Waals surface area contributed by atoms with Gasteiger partial charge in [-0.3, -0.25) is 9.59 Å². The van der Waals surface area contributed by atoms with Crippen molar-refractivity contribution >= 4 is 34.4 Å². The molecule has 1 aromatic heterocycles. The third-order valence-electron chi connectivity index (χ3n) is 4.48. The van der Waals surface area contributed by atoms with E-state index < -0.39 is 18.5 Å². The highest BCUT2D eigenvalue weighted by atomic mass is 16.5. The maximum atomic E-state index is 12.4. The quantitative estimate of drug-likeness (QED) is 0.578. The van der Waals surface area contributed by atoms with E-state index in [0.717, 1.165) is 5.39 Å². The van der Waals surface area contributed by atoms with Crippen molar-refractivity contribution in [2.75, 3.05) is 18.5 Å². The Balaban J connectivity index is 1.63. The lowest BCUT2D eigenvalue weighted by molar-refractivity contribution is -0.119. The smallest absolute Gasteiger partial charge is 0.375 e. The van der Waals surface area contributed by atoms with Crippen LogP contribution in [-0.2, 0) is 9.53 Å². The largest absolute Gasteiger partial charge is 0.450 e. The molecule has 7 nitrogen and oxygen atoms in total. The van der Waals surface area contributed by atoms with Crippen molar-refractivity contribution in [2.45, 2.75) is 20.8 Å². The minimum atomic E-state index is -0.721. The molecule has 0 radical (unpaired) electrons. The van der Waals surface area contributed by atoms with Gasteiger partial charge in [-0.25, -0.2) is 4.79 Å². The van der Waals surface area contributed by atoms with Crippen molar-refractivity contribution in [3.8, 4) is 0 Å². The average Bonchev–Trinajstić information content (AvgIpc) is 3.07. The molecule has 0 aliphatic rings. The number of anilines is 1. The van der Waals surface area contributed by atoms with Crippen molar-refractivity contribution < 1.29 is 23.5 Å². The summed E-state index contributed by atoms with van der Waals surface area (Å²) in [6.45, 7) is 5.76. The van der Waals surface area contributed by atoms with E-state index in [1.807, 2.05) is 32.0 Å². The van der Waals surface area contributed by atoms with E-state index in [1.54, 1.807) is 37.3 Å². The molecule has 0 fully saturated rings. The lowest BCUT2D eigenvalue weighted by atomic mass is 10.1. The predicted octanol–water partition coefficient (Wildman–Crippen LogP) is 3.92. The minimum Gasteiger partial charge on any atom is -0.450 e. The van der Waals surface area contributed by atoms with Crippen LogP contribution >= 0.6 is 0 Å². The van der Waals surface area contributed by atoms with E-state index >= 15 is 0 Å². The molecule has 0 unspecified atom stereocenters. The molecule has 0 aliphatic carbocycles. The number of esters is 1. The first kappa shape index (κ1) is 21.1. The van der Waals surface area contributed by atoms with Crippen molar-refractivity contribution in [3.05, 3.63) is 65.4 Å². The van der Waals surface area contributed by atoms with Gasteiger partial charge in [-0.1, -0.05) is 44.2 Å². The zero-order valence-electron chi connectivity index (χ0n) is 17.2. The van der Waals surface area contributed by atoms with Gasteiger partial charge in [-0.15, -0.1) is 0 Å². The maximum Gasteiger partial charge on any atom is 0.375 e. The first-order chi connectivity index (χ1) is 14.4. The Bertz CT molecular complexity index is 1080. The molecule has 2 N–H and O–H groups in total. The first-order valence-electron chi connectivity index (χ1n) is 9.69. The van der Waals surface area contributed by atoms with Gasteiger partial charge in [0.15, 0.2) is 6.61 Å². The third-order valence-corrected chi connectivity index (χ3v) is 4.48. The summed E-state index contributed by atoms with van der Waals surface area (Å²) in [5.41, 5.74) is 1.92. The first-order valence-corrected chi connectivity index (χ1v) is 9.69. The lowest BCUT2D eigenvalue weighted by Gasteiger charge is -2.12. The van der Waals surface area contributed by atoms with Crippen LogP contribution in [0.5, 0.6) is 0 Å². The molecule has 3 rings (SSSR count). The molecule has 2 aromatic carbocycles. The number of benzene rings is 2. The molecule has 0 spiro atoms. The maximum absolute atomic E-state index is 12.4. The number of aryl methyl sites for hydroxylation is 1. The number of furan rings is 1. The topological polar surface area (TPSA) is 97.6 Å². The average molecular weight is 408 g/mol.